The molecule has 0 N–H and O–H groups in total. The van der Waals surface area contributed by atoms with Gasteiger partial charge in [0.25, 0.3) is 0 Å². The number of esters is 1. The molecule has 0 amide bonds. The molecule has 0 bridgehead atoms. The summed E-state index contributed by atoms with van der Waals surface area (Å²) < 4.78 is 20.8. The summed E-state index contributed by atoms with van der Waals surface area (Å²) in [5.74, 6) is 5.96. The van der Waals surface area contributed by atoms with Crippen molar-refractivity contribution in [2.75, 3.05) is 26.9 Å². The van der Waals surface area contributed by atoms with Crippen molar-refractivity contribution in [1.82, 2.24) is 0 Å². The third kappa shape index (κ3) is 5.01. The molecule has 1 atom stereocenters. The highest BCUT2D eigenvalue weighted by Crippen LogP contribution is 2.28. The normalized spacial score (nSPS) is 15.6. The summed E-state index contributed by atoms with van der Waals surface area (Å²) in [4.78, 5) is 11.1. The van der Waals surface area contributed by atoms with Crippen molar-refractivity contribution < 1.29 is 23.7 Å². The van der Waals surface area contributed by atoms with E-state index in [1.165, 1.54) is 0 Å². The molecule has 0 radical (unpaired) electrons. The van der Waals surface area contributed by atoms with Crippen molar-refractivity contribution in [1.29, 1.82) is 0 Å². The van der Waals surface area contributed by atoms with Crippen LogP contribution in [-0.4, -0.2) is 39.0 Å². The Hall–Kier alpha value is -2.19. The molecule has 5 nitrogen and oxygen atoms in total. The Morgan fingerprint density at radius 1 is 1.48 bits per heavy atom. The van der Waals surface area contributed by atoms with Crippen LogP contribution in [-0.2, 0) is 20.7 Å². The lowest BCUT2D eigenvalue weighted by atomic mass is 10.1. The number of hydrogen-bond acceptors (Lipinski definition) is 5. The van der Waals surface area contributed by atoms with Gasteiger partial charge in [-0.25, -0.2) is 4.79 Å². The molecule has 2 rings (SSSR count). The van der Waals surface area contributed by atoms with Crippen molar-refractivity contribution in [3.63, 3.8) is 0 Å². The zero-order valence-electron chi connectivity index (χ0n) is 12.2. The Labute approximate surface area is 124 Å². The van der Waals surface area contributed by atoms with E-state index in [9.17, 15) is 4.79 Å². The van der Waals surface area contributed by atoms with Crippen LogP contribution in [0.4, 0.5) is 0 Å². The third-order valence-electron chi connectivity index (χ3n) is 2.88. The number of benzene rings is 1. The summed E-state index contributed by atoms with van der Waals surface area (Å²) in [5.41, 5.74) is 1.01. The van der Waals surface area contributed by atoms with Gasteiger partial charge in [0.05, 0.1) is 26.4 Å². The highest BCUT2D eigenvalue weighted by atomic mass is 16.6. The van der Waals surface area contributed by atoms with Gasteiger partial charge in [0.2, 0.25) is 0 Å². The predicted molar refractivity (Wildman–Crippen MR) is 76.3 cm³/mol. The monoisotopic (exact) mass is 290 g/mol. The molecule has 1 aliphatic heterocycles. The molecule has 1 aliphatic rings. The lowest BCUT2D eigenvalue weighted by Crippen LogP contribution is -2.03. The van der Waals surface area contributed by atoms with Crippen LogP contribution in [0.5, 0.6) is 11.5 Å². The summed E-state index contributed by atoms with van der Waals surface area (Å²) in [6, 6.07) is 5.59. The summed E-state index contributed by atoms with van der Waals surface area (Å²) >= 11 is 0. The molecule has 1 unspecified atom stereocenters. The van der Waals surface area contributed by atoms with E-state index < -0.39 is 5.97 Å². The number of epoxide rings is 1. The van der Waals surface area contributed by atoms with E-state index in [2.05, 4.69) is 11.8 Å². The molecule has 1 heterocycles. The number of carbonyl (C=O) groups excluding carboxylic acids is 1. The van der Waals surface area contributed by atoms with E-state index in [1.54, 1.807) is 14.0 Å². The van der Waals surface area contributed by atoms with Crippen molar-refractivity contribution >= 4 is 5.97 Å². The molecule has 21 heavy (non-hydrogen) atoms. The van der Waals surface area contributed by atoms with Crippen molar-refractivity contribution in [3.8, 4) is 23.3 Å². The average Bonchev–Trinajstić information content (AvgIpc) is 3.29. The number of carbonyl (C=O) groups is 1. The van der Waals surface area contributed by atoms with Gasteiger partial charge in [-0.15, -0.1) is 0 Å². The Morgan fingerprint density at radius 3 is 2.95 bits per heavy atom. The number of ether oxygens (including phenoxy) is 4. The molecule has 1 aromatic rings. The highest BCUT2D eigenvalue weighted by molar-refractivity contribution is 5.88. The first-order chi connectivity index (χ1) is 10.2. The van der Waals surface area contributed by atoms with Crippen LogP contribution in [0, 0.1) is 11.8 Å². The molecule has 5 heteroatoms. The largest absolute Gasteiger partial charge is 0.497 e. The number of rotatable bonds is 6. The fraction of sp³-hybridized carbons (Fsp3) is 0.438. The Bertz CT molecular complexity index is 552. The Balaban J connectivity index is 1.96. The van der Waals surface area contributed by atoms with E-state index >= 15 is 0 Å². The minimum absolute atomic E-state index is 0.129. The molecule has 1 aromatic carbocycles. The molecule has 0 aromatic heterocycles. The molecule has 0 saturated carbocycles. The van der Waals surface area contributed by atoms with Gasteiger partial charge in [-0.2, -0.15) is 0 Å². The summed E-state index contributed by atoms with van der Waals surface area (Å²) in [7, 11) is 1.62. The second-order valence-corrected chi connectivity index (χ2v) is 4.44. The van der Waals surface area contributed by atoms with Gasteiger partial charge in [-0.1, -0.05) is 0 Å². The highest BCUT2D eigenvalue weighted by Gasteiger charge is 2.24. The molecule has 112 valence electrons. The van der Waals surface area contributed by atoms with Gasteiger partial charge in [0.15, 0.2) is 0 Å². The minimum Gasteiger partial charge on any atom is -0.497 e. The lowest BCUT2D eigenvalue weighted by Gasteiger charge is -2.10. The number of hydrogen-bond donors (Lipinski definition) is 0. The van der Waals surface area contributed by atoms with E-state index in [4.69, 9.17) is 18.9 Å². The van der Waals surface area contributed by atoms with Crippen molar-refractivity contribution in [3.05, 3.63) is 23.8 Å². The van der Waals surface area contributed by atoms with Gasteiger partial charge in [0, 0.05) is 17.9 Å². The second-order valence-electron chi connectivity index (χ2n) is 4.44. The van der Waals surface area contributed by atoms with Gasteiger partial charge in [0.1, 0.15) is 18.1 Å². The molecule has 1 fully saturated rings. The Morgan fingerprint density at radius 2 is 2.29 bits per heavy atom. The van der Waals surface area contributed by atoms with E-state index in [1.807, 2.05) is 18.2 Å². The van der Waals surface area contributed by atoms with E-state index in [0.717, 1.165) is 30.1 Å². The Kier molecular flexibility index (Phi) is 5.47. The molecular formula is C16H18O5. The van der Waals surface area contributed by atoms with Gasteiger partial charge >= 0.3 is 5.97 Å². The minimum atomic E-state index is -0.539. The first kappa shape index (κ1) is 15.2. The van der Waals surface area contributed by atoms with Crippen LogP contribution < -0.4 is 9.47 Å². The van der Waals surface area contributed by atoms with Crippen LogP contribution in [0.1, 0.15) is 12.5 Å². The maximum Gasteiger partial charge on any atom is 0.384 e. The molecule has 0 aliphatic carbocycles. The fourth-order valence-corrected chi connectivity index (χ4v) is 1.80. The maximum absolute atomic E-state index is 11.1. The lowest BCUT2D eigenvalue weighted by molar-refractivity contribution is -0.136. The third-order valence-corrected chi connectivity index (χ3v) is 2.88. The van der Waals surface area contributed by atoms with Crippen LogP contribution in [0.3, 0.4) is 0 Å². The zero-order chi connectivity index (χ0) is 15.1. The van der Waals surface area contributed by atoms with Crippen LogP contribution in [0.15, 0.2) is 18.2 Å². The van der Waals surface area contributed by atoms with E-state index in [-0.39, 0.29) is 12.7 Å². The standard InChI is InChI=1S/C16H18O5/c1-3-19-16(17)5-4-8-20-15-7-6-13(18-2)9-12(15)10-14-11-21-14/h6-7,9,14H,3,8,10-11H2,1-2H3. The van der Waals surface area contributed by atoms with E-state index in [0.29, 0.717) is 6.61 Å². The zero-order valence-corrected chi connectivity index (χ0v) is 12.2. The van der Waals surface area contributed by atoms with Gasteiger partial charge < -0.3 is 18.9 Å². The van der Waals surface area contributed by atoms with Gasteiger partial charge in [-0.3, -0.25) is 0 Å². The smallest absolute Gasteiger partial charge is 0.384 e. The molecule has 0 spiro atoms. The molecule has 1 saturated heterocycles. The van der Waals surface area contributed by atoms with Crippen molar-refractivity contribution in [2.45, 2.75) is 19.4 Å². The summed E-state index contributed by atoms with van der Waals surface area (Å²) in [6.45, 7) is 2.96. The molecular weight excluding hydrogens is 272 g/mol. The predicted octanol–water partition coefficient (Wildman–Crippen LogP) is 1.58. The van der Waals surface area contributed by atoms with Crippen LogP contribution in [0.25, 0.3) is 0 Å². The average molecular weight is 290 g/mol. The van der Waals surface area contributed by atoms with Gasteiger partial charge in [-0.05, 0) is 31.0 Å². The summed E-state index contributed by atoms with van der Waals surface area (Å²) in [6.07, 6.45) is 1.03. The SMILES string of the molecule is CCOC(=O)C#CCOc1ccc(OC)cc1CC1CO1. The summed E-state index contributed by atoms with van der Waals surface area (Å²) in [5, 5.41) is 0. The topological polar surface area (TPSA) is 57.3 Å². The number of methoxy groups -OCH3 is 1. The van der Waals surface area contributed by atoms with Crippen LogP contribution >= 0.6 is 0 Å². The quantitative estimate of drug-likeness (QED) is 0.344. The second kappa shape index (κ2) is 7.55. The van der Waals surface area contributed by atoms with Crippen molar-refractivity contribution in [2.24, 2.45) is 0 Å². The maximum atomic E-state index is 11.1. The fourth-order valence-electron chi connectivity index (χ4n) is 1.80. The first-order valence-electron chi connectivity index (χ1n) is 6.80. The van der Waals surface area contributed by atoms with Crippen LogP contribution in [0.2, 0.25) is 0 Å². The first-order valence-corrected chi connectivity index (χ1v) is 6.80.